The van der Waals surface area contributed by atoms with Crippen molar-refractivity contribution in [3.05, 3.63) is 29.3 Å². The zero-order chi connectivity index (χ0) is 13.6. The van der Waals surface area contributed by atoms with Crippen LogP contribution in [0.15, 0.2) is 23.1 Å². The van der Waals surface area contributed by atoms with Crippen LogP contribution in [0.1, 0.15) is 31.4 Å². The third kappa shape index (κ3) is 3.20. The first-order valence-electron chi connectivity index (χ1n) is 5.74. The van der Waals surface area contributed by atoms with E-state index in [-0.39, 0.29) is 5.25 Å². The molecule has 18 heavy (non-hydrogen) atoms. The zero-order valence-corrected chi connectivity index (χ0v) is 11.0. The van der Waals surface area contributed by atoms with Crippen molar-refractivity contribution in [1.29, 1.82) is 0 Å². The summed E-state index contributed by atoms with van der Waals surface area (Å²) in [5.41, 5.74) is -0.438. The van der Waals surface area contributed by atoms with Gasteiger partial charge in [0, 0.05) is 10.1 Å². The van der Waals surface area contributed by atoms with Crippen LogP contribution in [-0.2, 0) is 12.6 Å². The van der Waals surface area contributed by atoms with E-state index in [2.05, 4.69) is 0 Å². The van der Waals surface area contributed by atoms with Crippen LogP contribution in [0, 0.1) is 0 Å². The van der Waals surface area contributed by atoms with Crippen molar-refractivity contribution in [3.8, 4) is 0 Å². The van der Waals surface area contributed by atoms with Crippen LogP contribution in [0.2, 0.25) is 0 Å². The van der Waals surface area contributed by atoms with Crippen LogP contribution < -0.4 is 0 Å². The molecular weight excluding hydrogens is 261 g/mol. The Morgan fingerprint density at radius 3 is 2.56 bits per heavy atom. The van der Waals surface area contributed by atoms with E-state index in [1.54, 1.807) is 19.9 Å². The molecule has 1 aliphatic rings. The maximum absolute atomic E-state index is 12.6. The Bertz CT molecular complexity index is 449. The second kappa shape index (κ2) is 4.46. The maximum atomic E-state index is 12.6. The minimum absolute atomic E-state index is 0.156. The average Bonchev–Trinajstić information content (AvgIpc) is 2.53. The fourth-order valence-electron chi connectivity index (χ4n) is 2.15. The largest absolute Gasteiger partial charge is 0.416 e. The molecule has 0 aromatic heterocycles. The van der Waals surface area contributed by atoms with Gasteiger partial charge < -0.3 is 5.11 Å². The van der Waals surface area contributed by atoms with Crippen LogP contribution >= 0.6 is 11.8 Å². The Labute approximate surface area is 108 Å². The van der Waals surface area contributed by atoms with Gasteiger partial charge in [-0.3, -0.25) is 0 Å². The lowest BCUT2D eigenvalue weighted by atomic mass is 9.98. The van der Waals surface area contributed by atoms with E-state index >= 15 is 0 Å². The normalized spacial score (nSPS) is 20.0. The number of alkyl halides is 3. The van der Waals surface area contributed by atoms with Gasteiger partial charge in [-0.1, -0.05) is 6.07 Å². The predicted octanol–water partition coefficient (Wildman–Crippen LogP) is 3.88. The first kappa shape index (κ1) is 13.7. The molecule has 0 amide bonds. The standard InChI is InChI=1S/C13H15F3OS/c1-12(2,17)7-10-5-8-3-4-9(13(14,15)16)6-11(8)18-10/h3-4,6,10,17H,5,7H2,1-2H3. The minimum atomic E-state index is -4.29. The van der Waals surface area contributed by atoms with Crippen molar-refractivity contribution >= 4 is 11.8 Å². The highest BCUT2D eigenvalue weighted by Gasteiger charge is 2.33. The lowest BCUT2D eigenvalue weighted by molar-refractivity contribution is -0.137. The Balaban J connectivity index is 2.16. The van der Waals surface area contributed by atoms with E-state index in [9.17, 15) is 18.3 Å². The van der Waals surface area contributed by atoms with Crippen molar-refractivity contribution in [3.63, 3.8) is 0 Å². The summed E-state index contributed by atoms with van der Waals surface area (Å²) in [7, 11) is 0. The Kier molecular flexibility index (Phi) is 3.40. The Hall–Kier alpha value is -0.680. The Morgan fingerprint density at radius 1 is 1.33 bits per heavy atom. The summed E-state index contributed by atoms with van der Waals surface area (Å²) < 4.78 is 37.7. The van der Waals surface area contributed by atoms with Crippen LogP contribution in [-0.4, -0.2) is 16.0 Å². The number of thioether (sulfide) groups is 1. The highest BCUT2D eigenvalue weighted by molar-refractivity contribution is 8.00. The molecule has 0 fully saturated rings. The van der Waals surface area contributed by atoms with Gasteiger partial charge in [0.2, 0.25) is 0 Å². The average molecular weight is 276 g/mol. The van der Waals surface area contributed by atoms with Crippen molar-refractivity contribution < 1.29 is 18.3 Å². The number of aliphatic hydroxyl groups is 1. The maximum Gasteiger partial charge on any atom is 0.416 e. The lowest BCUT2D eigenvalue weighted by Crippen LogP contribution is -2.24. The highest BCUT2D eigenvalue weighted by Crippen LogP contribution is 2.42. The summed E-state index contributed by atoms with van der Waals surface area (Å²) in [5.74, 6) is 0. The van der Waals surface area contributed by atoms with Gasteiger partial charge in [-0.25, -0.2) is 0 Å². The van der Waals surface area contributed by atoms with Crippen molar-refractivity contribution in [1.82, 2.24) is 0 Å². The number of hydrogen-bond acceptors (Lipinski definition) is 2. The highest BCUT2D eigenvalue weighted by atomic mass is 32.2. The smallest absolute Gasteiger partial charge is 0.390 e. The van der Waals surface area contributed by atoms with E-state index in [0.29, 0.717) is 11.3 Å². The van der Waals surface area contributed by atoms with E-state index in [1.165, 1.54) is 17.8 Å². The predicted molar refractivity (Wildman–Crippen MR) is 65.7 cm³/mol. The van der Waals surface area contributed by atoms with Crippen LogP contribution in [0.3, 0.4) is 0 Å². The minimum Gasteiger partial charge on any atom is -0.390 e. The van der Waals surface area contributed by atoms with Gasteiger partial charge in [0.05, 0.1) is 11.2 Å². The number of rotatable bonds is 2. The molecule has 5 heteroatoms. The molecule has 0 saturated carbocycles. The number of benzene rings is 1. The first-order chi connectivity index (χ1) is 8.15. The molecule has 1 aromatic rings. The quantitative estimate of drug-likeness (QED) is 0.884. The van der Waals surface area contributed by atoms with Crippen LogP contribution in [0.4, 0.5) is 13.2 Å². The molecule has 2 rings (SSSR count). The molecule has 1 atom stereocenters. The number of hydrogen-bond donors (Lipinski definition) is 1. The molecule has 1 heterocycles. The molecule has 1 N–H and O–H groups in total. The zero-order valence-electron chi connectivity index (χ0n) is 10.2. The van der Waals surface area contributed by atoms with Gasteiger partial charge in [-0.05, 0) is 44.4 Å². The summed E-state index contributed by atoms with van der Waals surface area (Å²) in [6, 6.07) is 3.89. The number of halogens is 3. The molecule has 0 spiro atoms. The lowest BCUT2D eigenvalue weighted by Gasteiger charge is -2.20. The van der Waals surface area contributed by atoms with Gasteiger partial charge in [0.15, 0.2) is 0 Å². The van der Waals surface area contributed by atoms with Gasteiger partial charge in [-0.15, -0.1) is 11.8 Å². The summed E-state index contributed by atoms with van der Waals surface area (Å²) in [6.45, 7) is 3.44. The Morgan fingerprint density at radius 2 is 2.00 bits per heavy atom. The van der Waals surface area contributed by atoms with E-state index < -0.39 is 17.3 Å². The topological polar surface area (TPSA) is 20.2 Å². The molecule has 0 aliphatic carbocycles. The number of fused-ring (bicyclic) bond motifs is 1. The molecule has 1 unspecified atom stereocenters. The second-order valence-corrected chi connectivity index (χ2v) is 6.62. The molecule has 0 saturated heterocycles. The monoisotopic (exact) mass is 276 g/mol. The van der Waals surface area contributed by atoms with Crippen molar-refractivity contribution in [2.75, 3.05) is 0 Å². The molecule has 0 bridgehead atoms. The van der Waals surface area contributed by atoms with Crippen LogP contribution in [0.25, 0.3) is 0 Å². The van der Waals surface area contributed by atoms with E-state index in [0.717, 1.165) is 18.1 Å². The van der Waals surface area contributed by atoms with Crippen molar-refractivity contribution in [2.24, 2.45) is 0 Å². The molecule has 1 aromatic carbocycles. The SMILES string of the molecule is CC(C)(O)CC1Cc2ccc(C(F)(F)F)cc2S1. The summed E-state index contributed by atoms with van der Waals surface area (Å²) >= 11 is 1.43. The van der Waals surface area contributed by atoms with Crippen molar-refractivity contribution in [2.45, 2.75) is 48.6 Å². The third-order valence-electron chi connectivity index (χ3n) is 2.86. The van der Waals surface area contributed by atoms with Gasteiger partial charge in [-0.2, -0.15) is 13.2 Å². The van der Waals surface area contributed by atoms with Gasteiger partial charge >= 0.3 is 6.18 Å². The van der Waals surface area contributed by atoms with Crippen LogP contribution in [0.5, 0.6) is 0 Å². The summed E-state index contributed by atoms with van der Waals surface area (Å²) in [4.78, 5) is 0.694. The van der Waals surface area contributed by atoms with Gasteiger partial charge in [0.25, 0.3) is 0 Å². The molecule has 1 aliphatic heterocycles. The molecule has 100 valence electrons. The molecule has 0 radical (unpaired) electrons. The fraction of sp³-hybridized carbons (Fsp3) is 0.538. The third-order valence-corrected chi connectivity index (χ3v) is 4.16. The summed E-state index contributed by atoms with van der Waals surface area (Å²) in [6.07, 6.45) is -2.99. The summed E-state index contributed by atoms with van der Waals surface area (Å²) in [5, 5.41) is 9.90. The second-order valence-electron chi connectivity index (χ2n) is 5.28. The van der Waals surface area contributed by atoms with E-state index in [4.69, 9.17) is 0 Å². The molecule has 1 nitrogen and oxygen atoms in total. The fourth-order valence-corrected chi connectivity index (χ4v) is 3.76. The first-order valence-corrected chi connectivity index (χ1v) is 6.62. The van der Waals surface area contributed by atoms with Gasteiger partial charge in [0.1, 0.15) is 0 Å². The molecular formula is C13H15F3OS. The van der Waals surface area contributed by atoms with E-state index in [1.807, 2.05) is 0 Å².